The van der Waals surface area contributed by atoms with Crippen LogP contribution >= 0.6 is 27.3 Å². The zero-order valence-corrected chi connectivity index (χ0v) is 13.0. The summed E-state index contributed by atoms with van der Waals surface area (Å²) in [7, 11) is 2.23. The van der Waals surface area contributed by atoms with Crippen LogP contribution < -0.4 is 5.32 Å². The maximum Gasteiger partial charge on any atom is 0.0701 e. The number of halogens is 1. The second kappa shape index (κ2) is 5.83. The number of nitrogens with one attached hydrogen (secondary N) is 1. The van der Waals surface area contributed by atoms with Crippen molar-refractivity contribution in [3.8, 4) is 0 Å². The third-order valence-electron chi connectivity index (χ3n) is 3.54. The van der Waals surface area contributed by atoms with Crippen molar-refractivity contribution in [2.75, 3.05) is 26.7 Å². The highest BCUT2D eigenvalue weighted by Gasteiger charge is 2.27. The van der Waals surface area contributed by atoms with E-state index >= 15 is 0 Å². The van der Waals surface area contributed by atoms with Gasteiger partial charge in [0, 0.05) is 13.1 Å². The molecule has 1 aromatic heterocycles. The van der Waals surface area contributed by atoms with E-state index in [1.54, 1.807) is 11.3 Å². The van der Waals surface area contributed by atoms with E-state index < -0.39 is 0 Å². The van der Waals surface area contributed by atoms with Crippen molar-refractivity contribution >= 4 is 27.3 Å². The minimum absolute atomic E-state index is 0.493. The van der Waals surface area contributed by atoms with Crippen molar-refractivity contribution < 1.29 is 0 Å². The maximum atomic E-state index is 3.52. The summed E-state index contributed by atoms with van der Waals surface area (Å²) in [5.74, 6) is 0. The number of hydrogen-bond donors (Lipinski definition) is 1. The molecule has 1 aliphatic rings. The number of thiophene rings is 1. The Kier molecular flexibility index (Phi) is 4.64. The first kappa shape index (κ1) is 13.5. The van der Waals surface area contributed by atoms with E-state index in [1.165, 1.54) is 41.8 Å². The van der Waals surface area contributed by atoms with Crippen molar-refractivity contribution in [3.63, 3.8) is 0 Å². The molecule has 96 valence electrons. The topological polar surface area (TPSA) is 15.3 Å². The number of piperidine rings is 1. The normalized spacial score (nSPS) is 19.8. The molecule has 0 radical (unpaired) electrons. The largest absolute Gasteiger partial charge is 0.317 e. The van der Waals surface area contributed by atoms with Crippen LogP contribution in [0.1, 0.15) is 25.3 Å². The molecule has 2 heterocycles. The molecule has 0 aliphatic carbocycles. The maximum absolute atomic E-state index is 3.52. The van der Waals surface area contributed by atoms with Crippen molar-refractivity contribution in [1.82, 2.24) is 10.2 Å². The third-order valence-corrected chi connectivity index (χ3v) is 5.09. The Morgan fingerprint density at radius 1 is 1.47 bits per heavy atom. The molecule has 1 saturated heterocycles. The Bertz CT molecular complexity index is 358. The minimum Gasteiger partial charge on any atom is -0.317 e. The van der Waals surface area contributed by atoms with Gasteiger partial charge in [-0.2, -0.15) is 0 Å². The van der Waals surface area contributed by atoms with Gasteiger partial charge < -0.3 is 10.2 Å². The molecule has 0 atom stereocenters. The van der Waals surface area contributed by atoms with Gasteiger partial charge in [-0.1, -0.05) is 6.92 Å². The van der Waals surface area contributed by atoms with E-state index in [9.17, 15) is 0 Å². The molecule has 2 rings (SSSR count). The monoisotopic (exact) mass is 316 g/mol. The highest BCUT2D eigenvalue weighted by atomic mass is 79.9. The molecule has 2 nitrogen and oxygen atoms in total. The summed E-state index contributed by atoms with van der Waals surface area (Å²) in [6, 6.07) is 2.23. The lowest BCUT2D eigenvalue weighted by Gasteiger charge is -2.37. The average Bonchev–Trinajstić information content (AvgIpc) is 2.63. The van der Waals surface area contributed by atoms with Gasteiger partial charge in [0.25, 0.3) is 0 Å². The van der Waals surface area contributed by atoms with Crippen LogP contribution in [0.3, 0.4) is 0 Å². The number of nitrogens with zero attached hydrogens (tertiary/aromatic N) is 1. The lowest BCUT2D eigenvalue weighted by Crippen LogP contribution is -2.41. The summed E-state index contributed by atoms with van der Waals surface area (Å²) in [5, 5.41) is 5.68. The van der Waals surface area contributed by atoms with Gasteiger partial charge in [-0.25, -0.2) is 0 Å². The molecule has 4 heteroatoms. The van der Waals surface area contributed by atoms with E-state index in [2.05, 4.69) is 51.6 Å². The fourth-order valence-corrected chi connectivity index (χ4v) is 3.84. The Balaban J connectivity index is 1.85. The third kappa shape index (κ3) is 4.05. The predicted octanol–water partition coefficient (Wildman–Crippen LogP) is 3.33. The molecule has 0 aromatic carbocycles. The quantitative estimate of drug-likeness (QED) is 0.916. The van der Waals surface area contributed by atoms with Gasteiger partial charge in [-0.3, -0.25) is 0 Å². The van der Waals surface area contributed by atoms with E-state index in [1.807, 2.05) is 0 Å². The van der Waals surface area contributed by atoms with Gasteiger partial charge >= 0.3 is 0 Å². The summed E-state index contributed by atoms with van der Waals surface area (Å²) in [4.78, 5) is 2.46. The summed E-state index contributed by atoms with van der Waals surface area (Å²) in [5.41, 5.74) is 1.91. The van der Waals surface area contributed by atoms with Crippen LogP contribution in [0.25, 0.3) is 0 Å². The smallest absolute Gasteiger partial charge is 0.0701 e. The summed E-state index contributed by atoms with van der Waals surface area (Å²) < 4.78 is 1.23. The lowest BCUT2D eigenvalue weighted by atomic mass is 9.80. The van der Waals surface area contributed by atoms with Crippen molar-refractivity contribution in [1.29, 1.82) is 0 Å². The van der Waals surface area contributed by atoms with E-state index in [-0.39, 0.29) is 0 Å². The average molecular weight is 317 g/mol. The van der Waals surface area contributed by atoms with Crippen LogP contribution in [0.5, 0.6) is 0 Å². The second-order valence-electron chi connectivity index (χ2n) is 5.49. The standard InChI is InChI=1S/C13H21BrN2S/c1-13(3-5-15-6-4-13)10-16(2)8-11-7-12(14)17-9-11/h7,9,15H,3-6,8,10H2,1-2H3. The molecule has 0 amide bonds. The molecule has 0 spiro atoms. The fourth-order valence-electron chi connectivity index (χ4n) is 2.64. The summed E-state index contributed by atoms with van der Waals surface area (Å²) in [6.07, 6.45) is 2.59. The summed E-state index contributed by atoms with van der Waals surface area (Å²) in [6.45, 7) is 7.03. The molecule has 1 aliphatic heterocycles. The highest BCUT2D eigenvalue weighted by molar-refractivity contribution is 9.11. The molecule has 17 heavy (non-hydrogen) atoms. The summed E-state index contributed by atoms with van der Waals surface area (Å²) >= 11 is 5.29. The zero-order chi connectivity index (χ0) is 12.3. The van der Waals surface area contributed by atoms with Crippen molar-refractivity contribution in [3.05, 3.63) is 20.8 Å². The first-order valence-corrected chi connectivity index (χ1v) is 7.87. The van der Waals surface area contributed by atoms with Gasteiger partial charge in [0.2, 0.25) is 0 Å². The van der Waals surface area contributed by atoms with Gasteiger partial charge in [-0.15, -0.1) is 11.3 Å². The Morgan fingerprint density at radius 3 is 2.76 bits per heavy atom. The molecule has 0 unspecified atom stereocenters. The highest BCUT2D eigenvalue weighted by Crippen LogP contribution is 2.29. The zero-order valence-electron chi connectivity index (χ0n) is 10.6. The van der Waals surface area contributed by atoms with Crippen LogP contribution in [0.4, 0.5) is 0 Å². The predicted molar refractivity (Wildman–Crippen MR) is 78.6 cm³/mol. The number of rotatable bonds is 4. The van der Waals surface area contributed by atoms with Crippen LogP contribution in [0.15, 0.2) is 15.2 Å². The Labute approximate surface area is 117 Å². The molecular weight excluding hydrogens is 296 g/mol. The minimum atomic E-state index is 0.493. The first-order valence-electron chi connectivity index (χ1n) is 6.20. The molecule has 0 bridgehead atoms. The van der Waals surface area contributed by atoms with Crippen LogP contribution in [-0.2, 0) is 6.54 Å². The van der Waals surface area contributed by atoms with Gasteiger partial charge in [0.15, 0.2) is 0 Å². The Morgan fingerprint density at radius 2 is 2.18 bits per heavy atom. The van der Waals surface area contributed by atoms with E-state index in [0.29, 0.717) is 5.41 Å². The van der Waals surface area contributed by atoms with Crippen LogP contribution in [0, 0.1) is 5.41 Å². The second-order valence-corrected chi connectivity index (χ2v) is 7.78. The molecular formula is C13H21BrN2S. The van der Waals surface area contributed by atoms with Crippen LogP contribution in [0.2, 0.25) is 0 Å². The van der Waals surface area contributed by atoms with Gasteiger partial charge in [0.1, 0.15) is 0 Å². The van der Waals surface area contributed by atoms with Crippen molar-refractivity contribution in [2.45, 2.75) is 26.3 Å². The van der Waals surface area contributed by atoms with Gasteiger partial charge in [-0.05, 0) is 71.3 Å². The fraction of sp³-hybridized carbons (Fsp3) is 0.692. The van der Waals surface area contributed by atoms with Crippen LogP contribution in [-0.4, -0.2) is 31.6 Å². The van der Waals surface area contributed by atoms with E-state index in [0.717, 1.165) is 6.54 Å². The lowest BCUT2D eigenvalue weighted by molar-refractivity contribution is 0.143. The van der Waals surface area contributed by atoms with E-state index in [4.69, 9.17) is 0 Å². The van der Waals surface area contributed by atoms with Gasteiger partial charge in [0.05, 0.1) is 3.79 Å². The first-order chi connectivity index (χ1) is 8.07. The molecule has 1 N–H and O–H groups in total. The SMILES string of the molecule is CN(Cc1csc(Br)c1)CC1(C)CCNCC1. The molecule has 0 saturated carbocycles. The molecule has 1 aromatic rings. The number of hydrogen-bond acceptors (Lipinski definition) is 3. The Hall–Kier alpha value is 0.1000. The molecule has 1 fully saturated rings. The van der Waals surface area contributed by atoms with Crippen molar-refractivity contribution in [2.24, 2.45) is 5.41 Å².